The average Bonchev–Trinajstić information content (AvgIpc) is 2.28. The van der Waals surface area contributed by atoms with Crippen LogP contribution in [0.15, 0.2) is 39.5 Å². The summed E-state index contributed by atoms with van der Waals surface area (Å²) in [6.45, 7) is 0. The molecule has 0 saturated heterocycles. The fourth-order valence-corrected chi connectivity index (χ4v) is 2.27. The van der Waals surface area contributed by atoms with Crippen LogP contribution in [0.1, 0.15) is 0 Å². The summed E-state index contributed by atoms with van der Waals surface area (Å²) in [4.78, 5) is 3.98. The van der Waals surface area contributed by atoms with Gasteiger partial charge in [-0.3, -0.25) is 4.98 Å². The van der Waals surface area contributed by atoms with Gasteiger partial charge in [0, 0.05) is 15.7 Å². The minimum atomic E-state index is 0.561. The molecule has 0 atom stereocenters. The predicted molar refractivity (Wildman–Crippen MR) is 78.8 cm³/mol. The van der Waals surface area contributed by atoms with Crippen LogP contribution in [0, 0.1) is 0 Å². The number of hydrogen-bond donors (Lipinski definition) is 2. The number of nitrogens with one attached hydrogen (secondary N) is 1. The van der Waals surface area contributed by atoms with E-state index in [1.165, 1.54) is 0 Å². The molecule has 3 nitrogen and oxygen atoms in total. The number of benzene rings is 1. The molecule has 1 aromatic heterocycles. The van der Waals surface area contributed by atoms with Crippen molar-refractivity contribution >= 4 is 60.5 Å². The highest BCUT2D eigenvalue weighted by molar-refractivity contribution is 9.11. The molecule has 88 valence electrons. The second kappa shape index (κ2) is 5.25. The molecule has 0 aliphatic heterocycles. The van der Waals surface area contributed by atoms with Crippen LogP contribution in [0.4, 0.5) is 17.1 Å². The van der Waals surface area contributed by atoms with E-state index in [9.17, 15) is 0 Å². The lowest BCUT2D eigenvalue weighted by molar-refractivity contribution is 1.31. The number of halogens is 3. The number of pyridine rings is 1. The number of hydrogen-bond acceptors (Lipinski definition) is 3. The third-order valence-electron chi connectivity index (χ3n) is 2.12. The molecule has 3 N–H and O–H groups in total. The van der Waals surface area contributed by atoms with Gasteiger partial charge < -0.3 is 11.1 Å². The molecule has 2 aromatic rings. The summed E-state index contributed by atoms with van der Waals surface area (Å²) in [6, 6.07) is 5.50. The van der Waals surface area contributed by atoms with Crippen LogP contribution in [0.2, 0.25) is 5.02 Å². The maximum absolute atomic E-state index is 5.95. The zero-order valence-corrected chi connectivity index (χ0v) is 12.5. The fraction of sp³-hybridized carbons (Fsp3) is 0. The molecule has 2 rings (SSSR count). The number of rotatable bonds is 2. The maximum Gasteiger partial charge on any atom is 0.0794 e. The highest BCUT2D eigenvalue weighted by Crippen LogP contribution is 2.34. The summed E-state index contributed by atoms with van der Waals surface area (Å²) in [5.41, 5.74) is 8.03. The van der Waals surface area contributed by atoms with Crippen LogP contribution < -0.4 is 11.1 Å². The van der Waals surface area contributed by atoms with E-state index in [1.807, 2.05) is 18.2 Å². The number of nitrogens with two attached hydrogens (primary N) is 1. The van der Waals surface area contributed by atoms with Gasteiger partial charge in [-0.05, 0) is 50.1 Å². The van der Waals surface area contributed by atoms with Crippen LogP contribution in [0.25, 0.3) is 0 Å². The Morgan fingerprint density at radius 2 is 1.94 bits per heavy atom. The van der Waals surface area contributed by atoms with Crippen molar-refractivity contribution in [2.45, 2.75) is 0 Å². The van der Waals surface area contributed by atoms with Crippen LogP contribution in [0.5, 0.6) is 0 Å². The lowest BCUT2D eigenvalue weighted by Crippen LogP contribution is -1.98. The zero-order chi connectivity index (χ0) is 12.4. The summed E-state index contributed by atoms with van der Waals surface area (Å²) in [7, 11) is 0. The molecule has 0 spiro atoms. The van der Waals surface area contributed by atoms with Gasteiger partial charge >= 0.3 is 0 Å². The molecule has 0 amide bonds. The van der Waals surface area contributed by atoms with E-state index in [-0.39, 0.29) is 0 Å². The SMILES string of the molecule is Nc1cncc(Br)c1Nc1cc(Cl)ccc1Br. The highest BCUT2D eigenvalue weighted by Gasteiger charge is 2.07. The predicted octanol–water partition coefficient (Wildman–Crippen LogP) is 4.59. The Labute approximate surface area is 121 Å². The average molecular weight is 377 g/mol. The molecule has 0 aliphatic carbocycles. The van der Waals surface area contributed by atoms with Gasteiger partial charge in [0.05, 0.1) is 27.7 Å². The second-order valence-electron chi connectivity index (χ2n) is 3.33. The van der Waals surface area contributed by atoms with Crippen molar-refractivity contribution in [3.8, 4) is 0 Å². The molecule has 0 saturated carbocycles. The standard InChI is InChI=1S/C11H8Br2ClN3/c12-7-2-1-6(14)3-10(7)17-11-8(13)4-16-5-9(11)15/h1-5H,15H2,(H,16,17). The number of anilines is 3. The molecule has 6 heteroatoms. The first kappa shape index (κ1) is 12.7. The van der Waals surface area contributed by atoms with Gasteiger partial charge in [0.2, 0.25) is 0 Å². The maximum atomic E-state index is 5.95. The molecule has 17 heavy (non-hydrogen) atoms. The third-order valence-corrected chi connectivity index (χ3v) is 3.64. The van der Waals surface area contributed by atoms with E-state index < -0.39 is 0 Å². The molecule has 0 fully saturated rings. The van der Waals surface area contributed by atoms with Gasteiger partial charge in [-0.25, -0.2) is 0 Å². The van der Waals surface area contributed by atoms with Gasteiger partial charge in [-0.15, -0.1) is 0 Å². The van der Waals surface area contributed by atoms with Crippen molar-refractivity contribution in [1.29, 1.82) is 0 Å². The Bertz CT molecular complexity index is 540. The molecule has 0 radical (unpaired) electrons. The van der Waals surface area contributed by atoms with Gasteiger partial charge in [-0.2, -0.15) is 0 Å². The van der Waals surface area contributed by atoms with Crippen molar-refractivity contribution in [2.75, 3.05) is 11.1 Å². The second-order valence-corrected chi connectivity index (χ2v) is 5.48. The van der Waals surface area contributed by atoms with Crippen LogP contribution in [-0.2, 0) is 0 Å². The molecule has 0 bridgehead atoms. The monoisotopic (exact) mass is 375 g/mol. The van der Waals surface area contributed by atoms with Crippen molar-refractivity contribution in [3.63, 3.8) is 0 Å². The zero-order valence-electron chi connectivity index (χ0n) is 8.55. The molecular weight excluding hydrogens is 369 g/mol. The largest absolute Gasteiger partial charge is 0.396 e. The lowest BCUT2D eigenvalue weighted by Gasteiger charge is -2.12. The first-order valence-electron chi connectivity index (χ1n) is 4.69. The van der Waals surface area contributed by atoms with Crippen molar-refractivity contribution in [2.24, 2.45) is 0 Å². The Balaban J connectivity index is 2.41. The first-order chi connectivity index (χ1) is 8.08. The Morgan fingerprint density at radius 3 is 2.65 bits per heavy atom. The molecule has 0 unspecified atom stereocenters. The molecule has 1 heterocycles. The fourth-order valence-electron chi connectivity index (χ4n) is 1.31. The van der Waals surface area contributed by atoms with E-state index in [0.717, 1.165) is 20.3 Å². The van der Waals surface area contributed by atoms with E-state index in [1.54, 1.807) is 12.4 Å². The summed E-state index contributed by atoms with van der Waals surface area (Å²) >= 11 is 12.8. The van der Waals surface area contributed by atoms with Crippen molar-refractivity contribution in [1.82, 2.24) is 4.98 Å². The van der Waals surface area contributed by atoms with Gasteiger partial charge in [0.1, 0.15) is 0 Å². The van der Waals surface area contributed by atoms with E-state index in [0.29, 0.717) is 10.7 Å². The third kappa shape index (κ3) is 2.91. The lowest BCUT2D eigenvalue weighted by atomic mass is 10.3. The number of nitrogens with zero attached hydrogens (tertiary/aromatic N) is 1. The first-order valence-corrected chi connectivity index (χ1v) is 6.65. The molecular formula is C11H8Br2ClN3. The topological polar surface area (TPSA) is 50.9 Å². The van der Waals surface area contributed by atoms with E-state index >= 15 is 0 Å². The number of aromatic nitrogens is 1. The number of nitrogen functional groups attached to an aromatic ring is 1. The summed E-state index contributed by atoms with van der Waals surface area (Å²) in [6.07, 6.45) is 3.27. The Morgan fingerprint density at radius 1 is 1.18 bits per heavy atom. The van der Waals surface area contributed by atoms with Crippen LogP contribution in [0.3, 0.4) is 0 Å². The van der Waals surface area contributed by atoms with E-state index in [4.69, 9.17) is 17.3 Å². The summed E-state index contributed by atoms with van der Waals surface area (Å²) in [5, 5.41) is 3.86. The van der Waals surface area contributed by atoms with Gasteiger partial charge in [-0.1, -0.05) is 11.6 Å². The van der Waals surface area contributed by atoms with Crippen molar-refractivity contribution in [3.05, 3.63) is 44.6 Å². The van der Waals surface area contributed by atoms with Crippen LogP contribution >= 0.6 is 43.5 Å². The van der Waals surface area contributed by atoms with Gasteiger partial charge in [0.25, 0.3) is 0 Å². The van der Waals surface area contributed by atoms with Crippen molar-refractivity contribution < 1.29 is 0 Å². The smallest absolute Gasteiger partial charge is 0.0794 e. The minimum Gasteiger partial charge on any atom is -0.396 e. The Hall–Kier alpha value is -0.780. The Kier molecular flexibility index (Phi) is 3.91. The normalized spacial score (nSPS) is 10.3. The molecule has 0 aliphatic rings. The quantitative estimate of drug-likeness (QED) is 0.805. The summed E-state index contributed by atoms with van der Waals surface area (Å²) < 4.78 is 1.70. The van der Waals surface area contributed by atoms with Gasteiger partial charge in [0.15, 0.2) is 0 Å². The highest BCUT2D eigenvalue weighted by atomic mass is 79.9. The summed E-state index contributed by atoms with van der Waals surface area (Å²) in [5.74, 6) is 0. The minimum absolute atomic E-state index is 0.561. The molecule has 1 aromatic carbocycles. The van der Waals surface area contributed by atoms with Crippen LogP contribution in [-0.4, -0.2) is 4.98 Å². The van der Waals surface area contributed by atoms with E-state index in [2.05, 4.69) is 42.2 Å².